The Morgan fingerprint density at radius 1 is 1.00 bits per heavy atom. The van der Waals surface area contributed by atoms with Crippen LogP contribution in [0.5, 0.6) is 5.75 Å². The third-order valence-corrected chi connectivity index (χ3v) is 3.35. The number of hydrogen-bond acceptors (Lipinski definition) is 3. The van der Waals surface area contributed by atoms with Crippen LogP contribution in [-0.2, 0) is 11.2 Å². The van der Waals surface area contributed by atoms with E-state index >= 15 is 0 Å². The van der Waals surface area contributed by atoms with Gasteiger partial charge in [0.15, 0.2) is 0 Å². The van der Waals surface area contributed by atoms with E-state index in [1.807, 2.05) is 66.7 Å². The number of rotatable bonds is 5. The Morgan fingerprint density at radius 3 is 2.41 bits per heavy atom. The Bertz CT molecular complexity index is 706. The van der Waals surface area contributed by atoms with Gasteiger partial charge in [-0.05, 0) is 24.1 Å². The molecule has 0 aromatic heterocycles. The lowest BCUT2D eigenvalue weighted by Crippen LogP contribution is -2.17. The minimum absolute atomic E-state index is 0.178. The minimum Gasteiger partial charge on any atom is -0.487 e. The van der Waals surface area contributed by atoms with Crippen molar-refractivity contribution in [2.24, 2.45) is 5.10 Å². The third-order valence-electron chi connectivity index (χ3n) is 3.35. The van der Waals surface area contributed by atoms with Crippen LogP contribution < -0.4 is 10.2 Å². The molecule has 0 radical (unpaired) electrons. The highest BCUT2D eigenvalue weighted by Gasteiger charge is 2.22. The fourth-order valence-electron chi connectivity index (χ4n) is 2.19. The summed E-state index contributed by atoms with van der Waals surface area (Å²) in [4.78, 5) is 11.9. The molecule has 3 rings (SSSR count). The van der Waals surface area contributed by atoms with Crippen LogP contribution in [0.15, 0.2) is 77.4 Å². The molecule has 0 saturated carbocycles. The van der Waals surface area contributed by atoms with E-state index in [4.69, 9.17) is 4.74 Å². The molecule has 0 bridgehead atoms. The molecule has 4 heteroatoms. The predicted octanol–water partition coefficient (Wildman–Crippen LogP) is 2.72. The van der Waals surface area contributed by atoms with Crippen molar-refractivity contribution < 1.29 is 9.53 Å². The van der Waals surface area contributed by atoms with E-state index < -0.39 is 0 Å². The Morgan fingerprint density at radius 2 is 1.68 bits per heavy atom. The molecule has 0 unspecified atom stereocenters. The summed E-state index contributed by atoms with van der Waals surface area (Å²) in [7, 11) is 0. The normalized spacial score (nSPS) is 15.5. The lowest BCUT2D eigenvalue weighted by molar-refractivity contribution is -0.116. The molecule has 1 amide bonds. The number of hydrogen-bond donors (Lipinski definition) is 1. The number of benzene rings is 2. The Labute approximate surface area is 129 Å². The monoisotopic (exact) mass is 292 g/mol. The summed E-state index contributed by atoms with van der Waals surface area (Å²) in [6.07, 6.45) is 2.58. The zero-order valence-electron chi connectivity index (χ0n) is 12.0. The summed E-state index contributed by atoms with van der Waals surface area (Å²) in [5.74, 6) is 0.578. The van der Waals surface area contributed by atoms with Gasteiger partial charge in [-0.3, -0.25) is 4.79 Å². The van der Waals surface area contributed by atoms with Gasteiger partial charge in [0.25, 0.3) is 5.91 Å². The van der Waals surface area contributed by atoms with Crippen LogP contribution in [0.4, 0.5) is 0 Å². The number of ether oxygens (including phenoxy) is 1. The second kappa shape index (κ2) is 6.72. The highest BCUT2D eigenvalue weighted by atomic mass is 16.5. The Hall–Kier alpha value is -2.88. The van der Waals surface area contributed by atoms with E-state index in [9.17, 15) is 4.79 Å². The van der Waals surface area contributed by atoms with Gasteiger partial charge >= 0.3 is 0 Å². The number of allylic oxidation sites excluding steroid dienone is 1. The summed E-state index contributed by atoms with van der Waals surface area (Å²) in [6.45, 7) is 0.267. The maximum Gasteiger partial charge on any atom is 0.273 e. The third kappa shape index (κ3) is 3.41. The fraction of sp³-hybridized carbons (Fsp3) is 0.111. The van der Waals surface area contributed by atoms with Crippen LogP contribution in [0, 0.1) is 0 Å². The van der Waals surface area contributed by atoms with E-state index in [0.717, 1.165) is 11.3 Å². The Kier molecular flexibility index (Phi) is 4.30. The quantitative estimate of drug-likeness (QED) is 0.861. The molecule has 110 valence electrons. The lowest BCUT2D eigenvalue weighted by Gasteiger charge is -2.06. The molecule has 1 N–H and O–H groups in total. The average Bonchev–Trinajstić information content (AvgIpc) is 2.93. The smallest absolute Gasteiger partial charge is 0.273 e. The molecule has 22 heavy (non-hydrogen) atoms. The van der Waals surface area contributed by atoms with Crippen LogP contribution in [0.3, 0.4) is 0 Å². The van der Waals surface area contributed by atoms with Crippen LogP contribution in [-0.4, -0.2) is 18.2 Å². The zero-order chi connectivity index (χ0) is 15.2. The largest absolute Gasteiger partial charge is 0.487 e. The van der Waals surface area contributed by atoms with Crippen molar-refractivity contribution in [3.63, 3.8) is 0 Å². The van der Waals surface area contributed by atoms with E-state index in [2.05, 4.69) is 10.5 Å². The summed E-state index contributed by atoms with van der Waals surface area (Å²) in [5.41, 5.74) is 4.86. The highest BCUT2D eigenvalue weighted by molar-refractivity contribution is 6.25. The van der Waals surface area contributed by atoms with Crippen LogP contribution in [0.2, 0.25) is 0 Å². The summed E-state index contributed by atoms with van der Waals surface area (Å²) < 4.78 is 5.66. The van der Waals surface area contributed by atoms with E-state index in [1.54, 1.807) is 0 Å². The standard InChI is InChI=1S/C18H16N2O2/c21-18-16(12-11-14-7-3-1-4-8-14)17(19-20-18)13-22-15-9-5-2-6-10-15/h1-10,12H,11,13H2,(H,20,21)/b16-12+. The molecular formula is C18H16N2O2. The van der Waals surface area contributed by atoms with Gasteiger partial charge in [0.1, 0.15) is 18.1 Å². The van der Waals surface area contributed by atoms with Gasteiger partial charge in [-0.15, -0.1) is 0 Å². The maximum absolute atomic E-state index is 11.9. The van der Waals surface area contributed by atoms with Crippen LogP contribution in [0.1, 0.15) is 5.56 Å². The number of carbonyl (C=O) groups excluding carboxylic acids is 1. The van der Waals surface area contributed by atoms with Crippen molar-refractivity contribution in [2.75, 3.05) is 6.61 Å². The van der Waals surface area contributed by atoms with Gasteiger partial charge in [0, 0.05) is 0 Å². The van der Waals surface area contributed by atoms with Gasteiger partial charge in [-0.1, -0.05) is 54.6 Å². The molecule has 0 aliphatic carbocycles. The number of carbonyl (C=O) groups is 1. The van der Waals surface area contributed by atoms with E-state index in [1.165, 1.54) is 0 Å². The molecule has 0 atom stereocenters. The molecule has 4 nitrogen and oxygen atoms in total. The van der Waals surface area contributed by atoms with Crippen molar-refractivity contribution in [3.8, 4) is 5.75 Å². The van der Waals surface area contributed by atoms with Crippen LogP contribution >= 0.6 is 0 Å². The number of nitrogens with one attached hydrogen (secondary N) is 1. The van der Waals surface area contributed by atoms with E-state index in [-0.39, 0.29) is 12.5 Å². The number of hydrazone groups is 1. The first-order valence-electron chi connectivity index (χ1n) is 7.12. The van der Waals surface area contributed by atoms with Crippen molar-refractivity contribution in [1.82, 2.24) is 5.43 Å². The zero-order valence-corrected chi connectivity index (χ0v) is 12.0. The van der Waals surface area contributed by atoms with Crippen molar-refractivity contribution in [3.05, 3.63) is 77.9 Å². The molecule has 0 saturated heterocycles. The summed E-state index contributed by atoms with van der Waals surface area (Å²) >= 11 is 0. The van der Waals surface area contributed by atoms with Gasteiger partial charge in [0.2, 0.25) is 0 Å². The molecular weight excluding hydrogens is 276 g/mol. The highest BCUT2D eigenvalue weighted by Crippen LogP contribution is 2.13. The average molecular weight is 292 g/mol. The maximum atomic E-state index is 11.9. The van der Waals surface area contributed by atoms with Crippen molar-refractivity contribution in [2.45, 2.75) is 6.42 Å². The molecule has 1 aliphatic heterocycles. The molecule has 2 aromatic rings. The number of amides is 1. The SMILES string of the molecule is O=C1NN=C(COc2ccccc2)/C1=C\Cc1ccccc1. The fourth-order valence-corrected chi connectivity index (χ4v) is 2.19. The van der Waals surface area contributed by atoms with E-state index in [0.29, 0.717) is 17.7 Å². The first kappa shape index (κ1) is 14.1. The molecule has 0 fully saturated rings. The second-order valence-corrected chi connectivity index (χ2v) is 4.91. The number of nitrogens with zero attached hydrogens (tertiary/aromatic N) is 1. The Balaban J connectivity index is 1.67. The first-order chi connectivity index (χ1) is 10.8. The lowest BCUT2D eigenvalue weighted by atomic mass is 10.1. The van der Waals surface area contributed by atoms with Gasteiger partial charge < -0.3 is 4.74 Å². The summed E-state index contributed by atoms with van der Waals surface area (Å²) in [6, 6.07) is 19.5. The van der Waals surface area contributed by atoms with Gasteiger partial charge in [0.05, 0.1) is 5.57 Å². The second-order valence-electron chi connectivity index (χ2n) is 4.91. The van der Waals surface area contributed by atoms with Gasteiger partial charge in [-0.25, -0.2) is 5.43 Å². The van der Waals surface area contributed by atoms with Crippen molar-refractivity contribution in [1.29, 1.82) is 0 Å². The predicted molar refractivity (Wildman–Crippen MR) is 85.7 cm³/mol. The van der Waals surface area contributed by atoms with Crippen LogP contribution in [0.25, 0.3) is 0 Å². The summed E-state index contributed by atoms with van der Waals surface area (Å²) in [5, 5.41) is 4.05. The topological polar surface area (TPSA) is 50.7 Å². The molecule has 2 aromatic carbocycles. The molecule has 1 aliphatic rings. The van der Waals surface area contributed by atoms with Gasteiger partial charge in [-0.2, -0.15) is 5.10 Å². The molecule has 1 heterocycles. The minimum atomic E-state index is -0.178. The van der Waals surface area contributed by atoms with Crippen molar-refractivity contribution >= 4 is 11.6 Å². The molecule has 0 spiro atoms. The number of para-hydroxylation sites is 1. The first-order valence-corrected chi connectivity index (χ1v) is 7.12.